The summed E-state index contributed by atoms with van der Waals surface area (Å²) in [4.78, 5) is 41.0. The number of amides is 3. The smallest absolute Gasteiger partial charge is 0.294 e. The van der Waals surface area contributed by atoms with E-state index in [4.69, 9.17) is 0 Å². The molecule has 4 rings (SSSR count). The Balaban J connectivity index is 1.50. The fourth-order valence-electron chi connectivity index (χ4n) is 3.66. The van der Waals surface area contributed by atoms with Crippen LogP contribution in [0.1, 0.15) is 31.4 Å². The zero-order valence-electron chi connectivity index (χ0n) is 16.1. The summed E-state index contributed by atoms with van der Waals surface area (Å²) in [5.41, 5.74) is 1.78. The van der Waals surface area contributed by atoms with E-state index in [1.165, 1.54) is 0 Å². The lowest BCUT2D eigenvalue weighted by Crippen LogP contribution is -2.42. The number of imide groups is 1. The van der Waals surface area contributed by atoms with E-state index in [1.54, 1.807) is 11.0 Å². The predicted octanol–water partition coefficient (Wildman–Crippen LogP) is 3.92. The maximum Gasteiger partial charge on any atom is 0.294 e. The molecule has 0 unspecified atom stereocenters. The van der Waals surface area contributed by atoms with Gasteiger partial charge in [0.25, 0.3) is 11.1 Å². The first kappa shape index (κ1) is 19.5. The molecule has 0 aliphatic carbocycles. The third-order valence-electron chi connectivity index (χ3n) is 5.22. The van der Waals surface area contributed by atoms with Gasteiger partial charge in [-0.05, 0) is 54.9 Å². The van der Waals surface area contributed by atoms with Gasteiger partial charge >= 0.3 is 0 Å². The summed E-state index contributed by atoms with van der Waals surface area (Å²) in [5, 5.41) is -0.387. The Morgan fingerprint density at radius 3 is 2.41 bits per heavy atom. The summed E-state index contributed by atoms with van der Waals surface area (Å²) in [6.45, 7) is 1.23. The van der Waals surface area contributed by atoms with Crippen LogP contribution < -0.4 is 0 Å². The monoisotopic (exact) mass is 409 g/mol. The molecule has 150 valence electrons. The van der Waals surface area contributed by atoms with Crippen LogP contribution >= 0.6 is 11.8 Å². The van der Waals surface area contributed by atoms with Gasteiger partial charge in [0.15, 0.2) is 0 Å². The van der Waals surface area contributed by atoms with Gasteiger partial charge in [-0.2, -0.15) is 0 Å². The van der Waals surface area contributed by atoms with Crippen molar-refractivity contribution in [2.45, 2.75) is 25.7 Å². The Morgan fingerprint density at radius 2 is 1.69 bits per heavy atom. The first-order chi connectivity index (χ1) is 14.1. The lowest BCUT2D eigenvalue weighted by atomic mass is 10.2. The predicted molar refractivity (Wildman–Crippen MR) is 113 cm³/mol. The normalized spacial score (nSPS) is 19.1. The summed E-state index contributed by atoms with van der Waals surface area (Å²) in [7, 11) is 0. The van der Waals surface area contributed by atoms with E-state index in [2.05, 4.69) is 0 Å². The van der Waals surface area contributed by atoms with Gasteiger partial charge < -0.3 is 9.47 Å². The SMILES string of the molecule is O=C(CN1C(=O)S/C(=C/c2cccn2-c2ccccc2)C1=O)N1CCCCCC1. The maximum absolute atomic E-state index is 12.8. The molecule has 6 nitrogen and oxygen atoms in total. The van der Waals surface area contributed by atoms with Crippen LogP contribution in [0.4, 0.5) is 4.79 Å². The van der Waals surface area contributed by atoms with Gasteiger partial charge in [-0.25, -0.2) is 0 Å². The molecule has 2 saturated heterocycles. The molecule has 29 heavy (non-hydrogen) atoms. The second-order valence-corrected chi connectivity index (χ2v) is 8.19. The molecule has 3 heterocycles. The molecule has 0 atom stereocenters. The quantitative estimate of drug-likeness (QED) is 0.718. The zero-order chi connectivity index (χ0) is 20.2. The Bertz CT molecular complexity index is 943. The number of likely N-dealkylation sites (tertiary alicyclic amines) is 1. The molecule has 0 spiro atoms. The van der Waals surface area contributed by atoms with Gasteiger partial charge in [0.2, 0.25) is 5.91 Å². The van der Waals surface area contributed by atoms with Crippen LogP contribution in [0.3, 0.4) is 0 Å². The van der Waals surface area contributed by atoms with Crippen molar-refractivity contribution in [1.29, 1.82) is 0 Å². The number of rotatable bonds is 4. The average Bonchev–Trinajstić information content (AvgIpc) is 3.16. The first-order valence-corrected chi connectivity index (χ1v) is 10.7. The van der Waals surface area contributed by atoms with Crippen molar-refractivity contribution in [3.05, 3.63) is 59.3 Å². The molecule has 0 bridgehead atoms. The average molecular weight is 410 g/mol. The number of benzene rings is 1. The Hall–Kier alpha value is -2.80. The van der Waals surface area contributed by atoms with Crippen LogP contribution in [0.25, 0.3) is 11.8 Å². The van der Waals surface area contributed by atoms with Crippen LogP contribution in [-0.2, 0) is 9.59 Å². The fraction of sp³-hybridized carbons (Fsp3) is 0.318. The zero-order valence-corrected chi connectivity index (χ0v) is 16.9. The number of hydrogen-bond donors (Lipinski definition) is 0. The molecule has 1 aromatic carbocycles. The number of carbonyl (C=O) groups excluding carboxylic acids is 3. The van der Waals surface area contributed by atoms with Gasteiger partial charge in [0, 0.05) is 30.7 Å². The number of carbonyl (C=O) groups is 3. The second-order valence-electron chi connectivity index (χ2n) is 7.20. The molecular weight excluding hydrogens is 386 g/mol. The van der Waals surface area contributed by atoms with Crippen molar-refractivity contribution in [3.8, 4) is 5.69 Å². The van der Waals surface area contributed by atoms with Gasteiger partial charge in [-0.3, -0.25) is 19.3 Å². The molecule has 3 amide bonds. The number of aromatic nitrogens is 1. The van der Waals surface area contributed by atoms with Crippen LogP contribution in [0.5, 0.6) is 0 Å². The molecule has 2 aliphatic heterocycles. The molecule has 2 fully saturated rings. The summed E-state index contributed by atoms with van der Waals surface area (Å²) in [5.74, 6) is -0.549. The van der Waals surface area contributed by atoms with E-state index in [1.807, 2.05) is 53.2 Å². The van der Waals surface area contributed by atoms with E-state index >= 15 is 0 Å². The molecule has 1 aromatic heterocycles. The van der Waals surface area contributed by atoms with Crippen molar-refractivity contribution >= 4 is 34.9 Å². The van der Waals surface area contributed by atoms with Gasteiger partial charge in [0.05, 0.1) is 4.91 Å². The van der Waals surface area contributed by atoms with Crippen molar-refractivity contribution in [3.63, 3.8) is 0 Å². The number of nitrogens with zero attached hydrogens (tertiary/aromatic N) is 3. The van der Waals surface area contributed by atoms with Crippen molar-refractivity contribution in [2.24, 2.45) is 0 Å². The van der Waals surface area contributed by atoms with Crippen LogP contribution in [0.2, 0.25) is 0 Å². The highest BCUT2D eigenvalue weighted by molar-refractivity contribution is 8.18. The molecule has 2 aliphatic rings. The van der Waals surface area contributed by atoms with Gasteiger partial charge in [-0.1, -0.05) is 31.0 Å². The van der Waals surface area contributed by atoms with E-state index in [9.17, 15) is 14.4 Å². The maximum atomic E-state index is 12.8. The molecule has 0 N–H and O–H groups in total. The van der Waals surface area contributed by atoms with Crippen LogP contribution in [-0.4, -0.2) is 51.1 Å². The number of thioether (sulfide) groups is 1. The van der Waals surface area contributed by atoms with E-state index in [-0.39, 0.29) is 17.7 Å². The second kappa shape index (κ2) is 8.69. The lowest BCUT2D eigenvalue weighted by molar-refractivity contribution is -0.135. The van der Waals surface area contributed by atoms with Crippen LogP contribution in [0.15, 0.2) is 53.6 Å². The first-order valence-electron chi connectivity index (χ1n) is 9.89. The Labute approximate surface area is 174 Å². The minimum atomic E-state index is -0.399. The van der Waals surface area contributed by atoms with E-state index in [0.717, 1.165) is 53.7 Å². The molecule has 0 radical (unpaired) electrons. The summed E-state index contributed by atoms with van der Waals surface area (Å²) < 4.78 is 1.95. The van der Waals surface area contributed by atoms with Gasteiger partial charge in [-0.15, -0.1) is 0 Å². The number of hydrogen-bond acceptors (Lipinski definition) is 4. The Kier molecular flexibility index (Phi) is 5.85. The molecule has 7 heteroatoms. The van der Waals surface area contributed by atoms with Gasteiger partial charge in [0.1, 0.15) is 6.54 Å². The highest BCUT2D eigenvalue weighted by Gasteiger charge is 2.37. The molecular formula is C22H23N3O3S. The van der Waals surface area contributed by atoms with E-state index in [0.29, 0.717) is 18.0 Å². The highest BCUT2D eigenvalue weighted by atomic mass is 32.2. The summed E-state index contributed by atoms with van der Waals surface area (Å²) in [6.07, 6.45) is 7.82. The highest BCUT2D eigenvalue weighted by Crippen LogP contribution is 2.32. The van der Waals surface area contributed by atoms with Crippen molar-refractivity contribution < 1.29 is 14.4 Å². The topological polar surface area (TPSA) is 62.6 Å². The standard InChI is InChI=1S/C22H23N3O3S/c26-20(23-12-6-1-2-7-13-23)16-25-21(27)19(29-22(25)28)15-18-11-8-14-24(18)17-9-4-3-5-10-17/h3-5,8-11,14-15H,1-2,6-7,12-13,16H2/b19-15+. The number of para-hydroxylation sites is 1. The minimum absolute atomic E-state index is 0.150. The van der Waals surface area contributed by atoms with E-state index < -0.39 is 5.91 Å². The minimum Gasteiger partial charge on any atom is -0.341 e. The molecule has 0 saturated carbocycles. The third kappa shape index (κ3) is 4.29. The lowest BCUT2D eigenvalue weighted by Gasteiger charge is -2.22. The third-order valence-corrected chi connectivity index (χ3v) is 6.13. The summed E-state index contributed by atoms with van der Waals surface area (Å²) >= 11 is 0.891. The largest absolute Gasteiger partial charge is 0.341 e. The van der Waals surface area contributed by atoms with Crippen LogP contribution in [0, 0.1) is 0 Å². The fourth-order valence-corrected chi connectivity index (χ4v) is 4.48. The summed E-state index contributed by atoms with van der Waals surface area (Å²) in [6, 6.07) is 13.6. The van der Waals surface area contributed by atoms with Crippen molar-refractivity contribution in [1.82, 2.24) is 14.4 Å². The Morgan fingerprint density at radius 1 is 0.966 bits per heavy atom. The van der Waals surface area contributed by atoms with Crippen molar-refractivity contribution in [2.75, 3.05) is 19.6 Å². The molecule has 2 aromatic rings.